The zero-order valence-electron chi connectivity index (χ0n) is 13.8. The second-order valence-corrected chi connectivity index (χ2v) is 7.00. The third-order valence-corrected chi connectivity index (χ3v) is 3.50. The first-order chi connectivity index (χ1) is 10.9. The maximum Gasteiger partial charge on any atom is 0.416 e. The van der Waals surface area contributed by atoms with Gasteiger partial charge in [0.15, 0.2) is 0 Å². The Morgan fingerprint density at radius 3 is 2.42 bits per heavy atom. The van der Waals surface area contributed by atoms with Gasteiger partial charge in [0.2, 0.25) is 0 Å². The lowest BCUT2D eigenvalue weighted by molar-refractivity contribution is -0.137. The van der Waals surface area contributed by atoms with Gasteiger partial charge < -0.3 is 15.2 Å². The molecule has 8 heteroatoms. The van der Waals surface area contributed by atoms with Crippen molar-refractivity contribution in [1.82, 2.24) is 5.32 Å². The largest absolute Gasteiger partial charge is 0.444 e. The van der Waals surface area contributed by atoms with Crippen molar-refractivity contribution in [3.05, 3.63) is 29.3 Å². The molecule has 0 spiro atoms. The van der Waals surface area contributed by atoms with Gasteiger partial charge in [0, 0.05) is 25.2 Å². The summed E-state index contributed by atoms with van der Waals surface area (Å²) in [7, 11) is 0. The summed E-state index contributed by atoms with van der Waals surface area (Å²) in [6, 6.07) is 3.06. The molecule has 1 aliphatic rings. The molecule has 1 saturated heterocycles. The van der Waals surface area contributed by atoms with E-state index in [1.54, 1.807) is 20.8 Å². The first kappa shape index (κ1) is 18.5. The number of aliphatic hydroxyl groups is 1. The van der Waals surface area contributed by atoms with E-state index in [-0.39, 0.29) is 12.1 Å². The zero-order valence-corrected chi connectivity index (χ0v) is 13.8. The Labute approximate surface area is 138 Å². The molecule has 0 atom stereocenters. The van der Waals surface area contributed by atoms with Crippen LogP contribution in [0.2, 0.25) is 0 Å². The summed E-state index contributed by atoms with van der Waals surface area (Å²) in [5.74, 6) is 0. The summed E-state index contributed by atoms with van der Waals surface area (Å²) in [6.45, 7) is 5.66. The minimum Gasteiger partial charge on any atom is -0.444 e. The molecular weight excluding hydrogens is 325 g/mol. The topological polar surface area (TPSA) is 70.6 Å². The number of carbonyl (C=O) groups excluding carboxylic acids is 1. The third kappa shape index (κ3) is 4.85. The molecule has 1 aliphatic heterocycles. The number of amides is 1. The molecule has 0 unspecified atom stereocenters. The van der Waals surface area contributed by atoms with Crippen LogP contribution < -0.4 is 10.6 Å². The molecule has 1 fully saturated rings. The average Bonchev–Trinajstić information content (AvgIpc) is 2.35. The van der Waals surface area contributed by atoms with Gasteiger partial charge in [-0.15, -0.1) is 0 Å². The monoisotopic (exact) mass is 346 g/mol. The van der Waals surface area contributed by atoms with Crippen molar-refractivity contribution < 1.29 is 27.8 Å². The second kappa shape index (κ2) is 6.25. The van der Waals surface area contributed by atoms with E-state index in [9.17, 15) is 23.1 Å². The van der Waals surface area contributed by atoms with E-state index in [0.29, 0.717) is 18.7 Å². The van der Waals surface area contributed by atoms with Crippen molar-refractivity contribution in [1.29, 1.82) is 0 Å². The number of alkyl halides is 3. The lowest BCUT2D eigenvalue weighted by Crippen LogP contribution is -2.60. The van der Waals surface area contributed by atoms with Crippen LogP contribution in [0.4, 0.5) is 23.7 Å². The quantitative estimate of drug-likeness (QED) is 0.787. The van der Waals surface area contributed by atoms with Crippen molar-refractivity contribution >= 4 is 11.8 Å². The zero-order chi connectivity index (χ0) is 18.2. The molecule has 0 aliphatic carbocycles. The van der Waals surface area contributed by atoms with Gasteiger partial charge in [-0.25, -0.2) is 4.79 Å². The molecule has 0 radical (unpaired) electrons. The number of β-amino-alcohol motifs (C(OH)–C–C–N with tert-alkyl or cyclic N) is 1. The molecule has 5 nitrogen and oxygen atoms in total. The molecule has 24 heavy (non-hydrogen) atoms. The van der Waals surface area contributed by atoms with Gasteiger partial charge >= 0.3 is 12.3 Å². The standard InChI is InChI=1S/C16H21F3N2O3/c1-14(2,3)24-13(22)21-12-6-11(16(17,18)19)5-4-10(12)7-15(23)8-20-9-15/h4-6,20,23H,7-9H2,1-3H3,(H,21,22). The Morgan fingerprint density at radius 2 is 1.96 bits per heavy atom. The van der Waals surface area contributed by atoms with E-state index in [1.807, 2.05) is 0 Å². The average molecular weight is 346 g/mol. The molecule has 134 valence electrons. The summed E-state index contributed by atoms with van der Waals surface area (Å²) in [5.41, 5.74) is -2.28. The fraction of sp³-hybridized carbons (Fsp3) is 0.562. The van der Waals surface area contributed by atoms with Crippen molar-refractivity contribution in [3.63, 3.8) is 0 Å². The highest BCUT2D eigenvalue weighted by molar-refractivity contribution is 5.86. The maximum absolute atomic E-state index is 12.9. The van der Waals surface area contributed by atoms with Crippen LogP contribution in [0.1, 0.15) is 31.9 Å². The number of ether oxygens (including phenoxy) is 1. The SMILES string of the molecule is CC(C)(C)OC(=O)Nc1cc(C(F)(F)F)ccc1CC1(O)CNC1. The van der Waals surface area contributed by atoms with Crippen molar-refractivity contribution in [2.75, 3.05) is 18.4 Å². The van der Waals surface area contributed by atoms with Gasteiger partial charge in [0.1, 0.15) is 5.60 Å². The summed E-state index contributed by atoms with van der Waals surface area (Å²) in [6.07, 6.45) is -5.25. The first-order valence-electron chi connectivity index (χ1n) is 7.51. The number of hydrogen-bond donors (Lipinski definition) is 3. The van der Waals surface area contributed by atoms with Crippen molar-refractivity contribution in [3.8, 4) is 0 Å². The lowest BCUT2D eigenvalue weighted by Gasteiger charge is -2.38. The van der Waals surface area contributed by atoms with Crippen molar-refractivity contribution in [2.45, 2.75) is 44.6 Å². The van der Waals surface area contributed by atoms with E-state index in [4.69, 9.17) is 4.74 Å². The van der Waals surface area contributed by atoms with Gasteiger partial charge in [0.05, 0.1) is 11.2 Å². The third-order valence-electron chi connectivity index (χ3n) is 3.50. The second-order valence-electron chi connectivity index (χ2n) is 7.00. The highest BCUT2D eigenvalue weighted by Gasteiger charge is 2.36. The Kier molecular flexibility index (Phi) is 4.83. The van der Waals surface area contributed by atoms with Crippen molar-refractivity contribution in [2.24, 2.45) is 0 Å². The van der Waals surface area contributed by atoms with Crippen LogP contribution in [0.5, 0.6) is 0 Å². The van der Waals surface area contributed by atoms with Crippen LogP contribution in [0.25, 0.3) is 0 Å². The fourth-order valence-electron chi connectivity index (χ4n) is 2.33. The molecule has 1 heterocycles. The van der Waals surface area contributed by atoms with Crippen LogP contribution >= 0.6 is 0 Å². The predicted octanol–water partition coefficient (Wildman–Crippen LogP) is 2.93. The van der Waals surface area contributed by atoms with Crippen LogP contribution in [0.3, 0.4) is 0 Å². The maximum atomic E-state index is 12.9. The van der Waals surface area contributed by atoms with E-state index in [0.717, 1.165) is 12.1 Å². The Hall–Kier alpha value is -1.80. The number of benzene rings is 1. The molecule has 1 aromatic carbocycles. The summed E-state index contributed by atoms with van der Waals surface area (Å²) in [4.78, 5) is 11.9. The van der Waals surface area contributed by atoms with Crippen LogP contribution in [0.15, 0.2) is 18.2 Å². The van der Waals surface area contributed by atoms with Crippen LogP contribution in [0, 0.1) is 0 Å². The number of carbonyl (C=O) groups is 1. The summed E-state index contributed by atoms with van der Waals surface area (Å²) >= 11 is 0. The molecule has 2 rings (SSSR count). The molecule has 0 saturated carbocycles. The Bertz CT molecular complexity index is 620. The number of halogens is 3. The van der Waals surface area contributed by atoms with Gasteiger partial charge in [-0.2, -0.15) is 13.2 Å². The predicted molar refractivity (Wildman–Crippen MR) is 82.8 cm³/mol. The molecule has 0 aromatic heterocycles. The molecule has 0 bridgehead atoms. The van der Waals surface area contributed by atoms with Gasteiger partial charge in [0.25, 0.3) is 0 Å². The normalized spacial score (nSPS) is 17.1. The minimum absolute atomic E-state index is 0.0144. The molecule has 1 aromatic rings. The van der Waals surface area contributed by atoms with Crippen LogP contribution in [-0.4, -0.2) is 35.5 Å². The Morgan fingerprint density at radius 1 is 1.33 bits per heavy atom. The van der Waals surface area contributed by atoms with E-state index in [2.05, 4.69) is 10.6 Å². The van der Waals surface area contributed by atoms with E-state index in [1.165, 1.54) is 6.07 Å². The minimum atomic E-state index is -4.53. The summed E-state index contributed by atoms with van der Waals surface area (Å²) in [5, 5.41) is 15.5. The van der Waals surface area contributed by atoms with E-state index < -0.39 is 29.0 Å². The molecule has 1 amide bonds. The molecule has 3 N–H and O–H groups in total. The van der Waals surface area contributed by atoms with E-state index >= 15 is 0 Å². The van der Waals surface area contributed by atoms with Gasteiger partial charge in [-0.3, -0.25) is 5.32 Å². The smallest absolute Gasteiger partial charge is 0.416 e. The van der Waals surface area contributed by atoms with Crippen LogP contribution in [-0.2, 0) is 17.3 Å². The van der Waals surface area contributed by atoms with Gasteiger partial charge in [-0.1, -0.05) is 6.07 Å². The summed E-state index contributed by atoms with van der Waals surface area (Å²) < 4.78 is 43.8. The first-order valence-corrected chi connectivity index (χ1v) is 7.51. The Balaban J connectivity index is 2.27. The number of nitrogens with one attached hydrogen (secondary N) is 2. The number of hydrogen-bond acceptors (Lipinski definition) is 4. The fourth-order valence-corrected chi connectivity index (χ4v) is 2.33. The van der Waals surface area contributed by atoms with Gasteiger partial charge in [-0.05, 0) is 38.5 Å². The highest BCUT2D eigenvalue weighted by atomic mass is 19.4. The number of anilines is 1. The number of rotatable bonds is 3. The lowest BCUT2D eigenvalue weighted by atomic mass is 9.88. The highest BCUT2D eigenvalue weighted by Crippen LogP contribution is 2.34. The molecular formula is C16H21F3N2O3.